The van der Waals surface area contributed by atoms with Crippen LogP contribution in [0.15, 0.2) is 0 Å². The Balaban J connectivity index is 0. The third-order valence-corrected chi connectivity index (χ3v) is 0.676. The van der Waals surface area contributed by atoms with Gasteiger partial charge in [-0.15, -0.1) is 0 Å². The van der Waals surface area contributed by atoms with E-state index in [2.05, 4.69) is 6.92 Å². The van der Waals surface area contributed by atoms with Gasteiger partial charge in [0.25, 0.3) is 0 Å². The predicted octanol–water partition coefficient (Wildman–Crippen LogP) is 1.38. The summed E-state index contributed by atoms with van der Waals surface area (Å²) in [4.78, 5) is 9.56. The van der Waals surface area contributed by atoms with Crippen LogP contribution in [0.2, 0.25) is 0 Å². The van der Waals surface area contributed by atoms with Gasteiger partial charge in [-0.3, -0.25) is 0 Å². The van der Waals surface area contributed by atoms with Gasteiger partial charge < -0.3 is 4.79 Å². The molecule has 39 valence electrons. The zero-order valence-corrected chi connectivity index (χ0v) is 9.49. The van der Waals surface area contributed by atoms with Gasteiger partial charge in [-0.1, -0.05) is 13.3 Å². The quantitative estimate of drug-likeness (QED) is 0.568. The molecule has 0 aromatic heterocycles. The van der Waals surface area contributed by atoms with E-state index in [-0.39, 0.29) is 32.3 Å². The van der Waals surface area contributed by atoms with Crippen molar-refractivity contribution in [3.8, 4) is 0 Å². The molecule has 0 bridgehead atoms. The van der Waals surface area contributed by atoms with Crippen LogP contribution < -0.4 is 0 Å². The molecule has 0 aromatic rings. The Hall–Kier alpha value is 0.761. The van der Waals surface area contributed by atoms with Gasteiger partial charge in [-0.25, -0.2) is 0 Å². The van der Waals surface area contributed by atoms with Crippen LogP contribution in [0, 0.1) is 32.3 Å². The average Bonchev–Trinajstić information content (AvgIpc) is 1.61. The van der Waals surface area contributed by atoms with E-state index in [0.717, 1.165) is 25.5 Å². The van der Waals surface area contributed by atoms with Crippen LogP contribution in [-0.4, -0.2) is 6.29 Å². The first-order chi connectivity index (χ1) is 2.91. The van der Waals surface area contributed by atoms with Gasteiger partial charge in [0.15, 0.2) is 0 Å². The number of hydrogen-bond donors (Lipinski definition) is 0. The molecule has 7 heavy (non-hydrogen) atoms. The number of aldehydes is 1. The summed E-state index contributed by atoms with van der Waals surface area (Å²) in [5, 5.41) is 0. The predicted molar refractivity (Wildman–Crippen MR) is 25.6 cm³/mol. The topological polar surface area (TPSA) is 17.1 Å². The molecule has 0 aliphatic heterocycles. The van der Waals surface area contributed by atoms with Gasteiger partial charge in [-0.05, 0) is 6.42 Å². The summed E-state index contributed by atoms with van der Waals surface area (Å²) in [6, 6.07) is 0. The van der Waals surface area contributed by atoms with Gasteiger partial charge in [0.2, 0.25) is 0 Å². The van der Waals surface area contributed by atoms with Crippen molar-refractivity contribution in [3.05, 3.63) is 0 Å². The summed E-state index contributed by atoms with van der Waals surface area (Å²) in [5.41, 5.74) is 0. The van der Waals surface area contributed by atoms with E-state index < -0.39 is 0 Å². The first kappa shape index (κ1) is 10.7. The maximum Gasteiger partial charge on any atom is 0.119 e. The fraction of sp³-hybridized carbons (Fsp3) is 0.800. The molecule has 0 atom stereocenters. The van der Waals surface area contributed by atoms with Gasteiger partial charge in [0.05, 0.1) is 0 Å². The van der Waals surface area contributed by atoms with Crippen molar-refractivity contribution in [2.24, 2.45) is 0 Å². The van der Waals surface area contributed by atoms with E-state index in [4.69, 9.17) is 0 Å². The number of hydrogen-bond acceptors (Lipinski definition) is 1. The molecule has 0 N–H and O–H groups in total. The van der Waals surface area contributed by atoms with Gasteiger partial charge >= 0.3 is 0 Å². The molecule has 1 radical (unpaired) electrons. The molecular weight excluding hydrogens is 307 g/mol. The van der Waals surface area contributed by atoms with E-state index in [1.807, 2.05) is 0 Å². The van der Waals surface area contributed by atoms with Crippen LogP contribution in [0.3, 0.4) is 0 Å². The van der Waals surface area contributed by atoms with Crippen molar-refractivity contribution in [2.75, 3.05) is 0 Å². The Kier molecular flexibility index (Phi) is 15.1. The standard InChI is InChI=1S/C5H10O.Pa/c1-2-3-4-5-6;/h5H,2-4H2,1H3;. The molecule has 0 amide bonds. The zero-order valence-electron chi connectivity index (χ0n) is 4.68. The number of carbonyl (C=O) groups excluding carboxylic acids is 1. The number of unbranched alkanes of at least 4 members (excludes halogenated alkanes) is 2. The molecule has 0 heterocycles. The second-order valence-electron chi connectivity index (χ2n) is 1.31. The van der Waals surface area contributed by atoms with Crippen molar-refractivity contribution in [1.29, 1.82) is 0 Å². The van der Waals surface area contributed by atoms with Crippen molar-refractivity contribution >= 4 is 6.29 Å². The Bertz CT molecular complexity index is 37.1. The molecule has 0 unspecified atom stereocenters. The van der Waals surface area contributed by atoms with Crippen LogP contribution in [-0.2, 0) is 4.79 Å². The number of carbonyl (C=O) groups is 1. The third-order valence-electron chi connectivity index (χ3n) is 0.676. The molecule has 0 aromatic carbocycles. The fourth-order valence-corrected chi connectivity index (χ4v) is 0.287. The largest absolute Gasteiger partial charge is 0.303 e. The molecule has 1 nitrogen and oxygen atoms in total. The SMILES string of the molecule is CCCCC=O.[Pa]. The molecule has 0 rings (SSSR count). The minimum absolute atomic E-state index is 0. The summed E-state index contributed by atoms with van der Waals surface area (Å²) >= 11 is 0. The zero-order chi connectivity index (χ0) is 4.83. The summed E-state index contributed by atoms with van der Waals surface area (Å²) in [5.74, 6) is 0. The van der Waals surface area contributed by atoms with Crippen molar-refractivity contribution < 1.29 is 37.1 Å². The average molecular weight is 317 g/mol. The van der Waals surface area contributed by atoms with E-state index in [9.17, 15) is 4.79 Å². The Labute approximate surface area is 69.4 Å². The van der Waals surface area contributed by atoms with Crippen LogP contribution in [0.5, 0.6) is 0 Å². The van der Waals surface area contributed by atoms with Gasteiger partial charge in [-0.2, -0.15) is 0 Å². The third kappa shape index (κ3) is 10.8. The van der Waals surface area contributed by atoms with E-state index in [1.165, 1.54) is 0 Å². The second-order valence-corrected chi connectivity index (χ2v) is 1.31. The summed E-state index contributed by atoms with van der Waals surface area (Å²) < 4.78 is 0. The minimum Gasteiger partial charge on any atom is -0.303 e. The minimum atomic E-state index is 0. The van der Waals surface area contributed by atoms with Gasteiger partial charge in [0, 0.05) is 38.7 Å². The Morgan fingerprint density at radius 3 is 2.29 bits per heavy atom. The molecule has 0 saturated carbocycles. The van der Waals surface area contributed by atoms with Crippen LogP contribution in [0.4, 0.5) is 0 Å². The maximum atomic E-state index is 9.56. The fourth-order valence-electron chi connectivity index (χ4n) is 0.287. The normalized spacial score (nSPS) is 7.00. The van der Waals surface area contributed by atoms with Crippen molar-refractivity contribution in [1.82, 2.24) is 0 Å². The van der Waals surface area contributed by atoms with Crippen LogP contribution in [0.25, 0.3) is 0 Å². The monoisotopic (exact) mass is 317 g/mol. The molecule has 2 heteroatoms. The molecule has 0 aliphatic carbocycles. The van der Waals surface area contributed by atoms with Crippen LogP contribution in [0.1, 0.15) is 26.2 Å². The summed E-state index contributed by atoms with van der Waals surface area (Å²) in [7, 11) is 0. The first-order valence-electron chi connectivity index (χ1n) is 2.35. The van der Waals surface area contributed by atoms with Crippen molar-refractivity contribution in [2.45, 2.75) is 26.2 Å². The molecule has 0 saturated heterocycles. The molecular formula is C5H10OPa. The van der Waals surface area contributed by atoms with E-state index in [0.29, 0.717) is 0 Å². The second kappa shape index (κ2) is 9.90. The van der Waals surface area contributed by atoms with E-state index in [1.54, 1.807) is 0 Å². The van der Waals surface area contributed by atoms with E-state index >= 15 is 0 Å². The van der Waals surface area contributed by atoms with Crippen LogP contribution >= 0.6 is 0 Å². The Morgan fingerprint density at radius 1 is 1.57 bits per heavy atom. The maximum absolute atomic E-state index is 9.56. The number of rotatable bonds is 3. The summed E-state index contributed by atoms with van der Waals surface area (Å²) in [6.07, 6.45) is 3.86. The van der Waals surface area contributed by atoms with Crippen molar-refractivity contribution in [3.63, 3.8) is 0 Å². The summed E-state index contributed by atoms with van der Waals surface area (Å²) in [6.45, 7) is 2.07. The molecule has 0 aliphatic rings. The smallest absolute Gasteiger partial charge is 0.119 e. The van der Waals surface area contributed by atoms with Gasteiger partial charge in [0.1, 0.15) is 6.29 Å². The molecule has 0 fully saturated rings. The first-order valence-corrected chi connectivity index (χ1v) is 2.35. The molecule has 0 spiro atoms. The Morgan fingerprint density at radius 2 is 2.14 bits per heavy atom.